The molecule has 1 unspecified atom stereocenters. The quantitative estimate of drug-likeness (QED) is 0.845. The van der Waals surface area contributed by atoms with E-state index in [2.05, 4.69) is 10.3 Å². The number of aromatic nitrogens is 2. The van der Waals surface area contributed by atoms with Crippen LogP contribution in [-0.2, 0) is 17.5 Å². The van der Waals surface area contributed by atoms with Crippen LogP contribution in [-0.4, -0.2) is 38.9 Å². The van der Waals surface area contributed by atoms with Crippen LogP contribution in [0.5, 0.6) is 0 Å². The Hall–Kier alpha value is -2.91. The van der Waals surface area contributed by atoms with Gasteiger partial charge >= 0.3 is 6.18 Å². The SMILES string of the molecule is CC1Cn2c(cnc2C(F)(F)F)C(=O)N1CC(=O)Nc1cccc(F)c1. The average Bonchev–Trinajstić information content (AvgIpc) is 2.95. The summed E-state index contributed by atoms with van der Waals surface area (Å²) in [7, 11) is 0. The topological polar surface area (TPSA) is 67.2 Å². The lowest BCUT2D eigenvalue weighted by Gasteiger charge is -2.34. The van der Waals surface area contributed by atoms with Crippen molar-refractivity contribution in [2.45, 2.75) is 25.7 Å². The van der Waals surface area contributed by atoms with Crippen molar-refractivity contribution in [2.24, 2.45) is 0 Å². The zero-order valence-corrected chi connectivity index (χ0v) is 13.5. The summed E-state index contributed by atoms with van der Waals surface area (Å²) in [6.45, 7) is 1.03. The fourth-order valence-corrected chi connectivity index (χ4v) is 2.82. The summed E-state index contributed by atoms with van der Waals surface area (Å²) in [5.74, 6) is -2.98. The summed E-state index contributed by atoms with van der Waals surface area (Å²) in [6, 6.07) is 4.57. The Morgan fingerprint density at radius 3 is 2.77 bits per heavy atom. The summed E-state index contributed by atoms with van der Waals surface area (Å²) < 4.78 is 52.8. The summed E-state index contributed by atoms with van der Waals surface area (Å²) in [5.41, 5.74) is -0.00880. The number of amides is 2. The van der Waals surface area contributed by atoms with Gasteiger partial charge in [-0.25, -0.2) is 9.37 Å². The second kappa shape index (κ2) is 6.43. The first-order chi connectivity index (χ1) is 12.2. The molecule has 2 heterocycles. The summed E-state index contributed by atoms with van der Waals surface area (Å²) >= 11 is 0. The molecule has 2 amide bonds. The van der Waals surface area contributed by atoms with Crippen molar-refractivity contribution in [1.29, 1.82) is 0 Å². The molecule has 1 atom stereocenters. The smallest absolute Gasteiger partial charge is 0.324 e. The molecular weight excluding hydrogens is 356 g/mol. The second-order valence-corrected chi connectivity index (χ2v) is 5.92. The van der Waals surface area contributed by atoms with Gasteiger partial charge in [-0.05, 0) is 25.1 Å². The highest BCUT2D eigenvalue weighted by Gasteiger charge is 2.42. The minimum absolute atomic E-state index is 0.136. The largest absolute Gasteiger partial charge is 0.449 e. The number of imidazole rings is 1. The number of nitrogens with zero attached hydrogens (tertiary/aromatic N) is 3. The molecule has 2 aromatic rings. The predicted molar refractivity (Wildman–Crippen MR) is 82.8 cm³/mol. The molecule has 1 aromatic heterocycles. The van der Waals surface area contributed by atoms with Crippen LogP contribution in [0, 0.1) is 5.82 Å². The first kappa shape index (κ1) is 17.9. The molecule has 0 saturated carbocycles. The van der Waals surface area contributed by atoms with Gasteiger partial charge in [-0.15, -0.1) is 0 Å². The van der Waals surface area contributed by atoms with Gasteiger partial charge < -0.3 is 14.8 Å². The molecule has 26 heavy (non-hydrogen) atoms. The number of benzene rings is 1. The van der Waals surface area contributed by atoms with Crippen molar-refractivity contribution in [3.63, 3.8) is 0 Å². The van der Waals surface area contributed by atoms with Crippen molar-refractivity contribution in [2.75, 3.05) is 11.9 Å². The number of alkyl halides is 3. The van der Waals surface area contributed by atoms with Gasteiger partial charge in [-0.1, -0.05) is 6.07 Å². The number of hydrogen-bond donors (Lipinski definition) is 1. The average molecular weight is 370 g/mol. The van der Waals surface area contributed by atoms with Gasteiger partial charge in [-0.3, -0.25) is 9.59 Å². The molecule has 1 aliphatic heterocycles. The molecule has 0 radical (unpaired) electrons. The number of carbonyl (C=O) groups excluding carboxylic acids is 2. The highest BCUT2D eigenvalue weighted by atomic mass is 19.4. The Morgan fingerprint density at radius 2 is 2.12 bits per heavy atom. The third-order valence-corrected chi connectivity index (χ3v) is 3.99. The second-order valence-electron chi connectivity index (χ2n) is 5.92. The zero-order valence-electron chi connectivity index (χ0n) is 13.5. The van der Waals surface area contributed by atoms with Crippen LogP contribution in [0.1, 0.15) is 23.2 Å². The van der Waals surface area contributed by atoms with Gasteiger partial charge in [0, 0.05) is 18.3 Å². The molecule has 10 heteroatoms. The van der Waals surface area contributed by atoms with E-state index in [1.807, 2.05) is 0 Å². The Kier molecular flexibility index (Phi) is 4.43. The van der Waals surface area contributed by atoms with E-state index in [-0.39, 0.29) is 24.5 Å². The summed E-state index contributed by atoms with van der Waals surface area (Å²) in [4.78, 5) is 29.0. The summed E-state index contributed by atoms with van der Waals surface area (Å²) in [5, 5.41) is 2.45. The van der Waals surface area contributed by atoms with E-state index in [1.165, 1.54) is 25.1 Å². The third-order valence-electron chi connectivity index (χ3n) is 3.99. The molecule has 0 spiro atoms. The number of nitrogens with one attached hydrogen (secondary N) is 1. The van der Waals surface area contributed by atoms with Gasteiger partial charge in [0.2, 0.25) is 11.7 Å². The Balaban J connectivity index is 1.76. The third kappa shape index (κ3) is 3.39. The highest BCUT2D eigenvalue weighted by molar-refractivity contribution is 5.99. The van der Waals surface area contributed by atoms with Crippen molar-refractivity contribution < 1.29 is 27.2 Å². The maximum absolute atomic E-state index is 13.1. The molecule has 1 N–H and O–H groups in total. The molecule has 0 aliphatic carbocycles. The monoisotopic (exact) mass is 370 g/mol. The van der Waals surface area contributed by atoms with Crippen molar-refractivity contribution in [3.05, 3.63) is 47.8 Å². The number of halogens is 4. The standard InChI is InChI=1S/C16H14F4N4O2/c1-9-7-24-12(6-21-15(24)16(18,19)20)14(26)23(9)8-13(25)22-11-4-2-3-10(17)5-11/h2-6,9H,7-8H2,1H3,(H,22,25). The van der Waals surface area contributed by atoms with E-state index < -0.39 is 35.7 Å². The molecular formula is C16H14F4N4O2. The molecule has 0 saturated heterocycles. The minimum Gasteiger partial charge on any atom is -0.324 e. The van der Waals surface area contributed by atoms with Gasteiger partial charge in [0.15, 0.2) is 0 Å². The fourth-order valence-electron chi connectivity index (χ4n) is 2.82. The van der Waals surface area contributed by atoms with E-state index in [9.17, 15) is 27.2 Å². The number of fused-ring (bicyclic) bond motifs is 1. The number of carbonyl (C=O) groups is 2. The van der Waals surface area contributed by atoms with Crippen molar-refractivity contribution in [3.8, 4) is 0 Å². The van der Waals surface area contributed by atoms with Gasteiger partial charge in [0.25, 0.3) is 5.91 Å². The van der Waals surface area contributed by atoms with Crippen LogP contribution < -0.4 is 5.32 Å². The van der Waals surface area contributed by atoms with E-state index in [4.69, 9.17) is 0 Å². The highest BCUT2D eigenvalue weighted by Crippen LogP contribution is 2.31. The number of anilines is 1. The molecule has 1 aromatic carbocycles. The van der Waals surface area contributed by atoms with Gasteiger partial charge in [0.1, 0.15) is 18.1 Å². The predicted octanol–water partition coefficient (Wildman–Crippen LogP) is 2.52. The molecule has 138 valence electrons. The van der Waals surface area contributed by atoms with Crippen molar-refractivity contribution in [1.82, 2.24) is 14.5 Å². The van der Waals surface area contributed by atoms with Crippen LogP contribution >= 0.6 is 0 Å². The Bertz CT molecular complexity index is 862. The van der Waals surface area contributed by atoms with Crippen molar-refractivity contribution >= 4 is 17.5 Å². The molecule has 0 fully saturated rings. The Morgan fingerprint density at radius 1 is 1.38 bits per heavy atom. The van der Waals surface area contributed by atoms with E-state index >= 15 is 0 Å². The van der Waals surface area contributed by atoms with Crippen LogP contribution in [0.2, 0.25) is 0 Å². The maximum Gasteiger partial charge on any atom is 0.449 e. The Labute approximate surface area is 145 Å². The normalized spacial score (nSPS) is 17.2. The molecule has 0 bridgehead atoms. The van der Waals surface area contributed by atoms with Crippen LogP contribution in [0.15, 0.2) is 30.5 Å². The lowest BCUT2D eigenvalue weighted by Crippen LogP contribution is -2.50. The lowest BCUT2D eigenvalue weighted by atomic mass is 10.2. The van der Waals surface area contributed by atoms with E-state index in [0.717, 1.165) is 21.7 Å². The van der Waals surface area contributed by atoms with Gasteiger partial charge in [0.05, 0.1) is 6.20 Å². The maximum atomic E-state index is 13.1. The van der Waals surface area contributed by atoms with Crippen LogP contribution in [0.3, 0.4) is 0 Å². The molecule has 3 rings (SSSR count). The van der Waals surface area contributed by atoms with E-state index in [0.29, 0.717) is 0 Å². The minimum atomic E-state index is -4.67. The number of hydrogen-bond acceptors (Lipinski definition) is 3. The molecule has 6 nitrogen and oxygen atoms in total. The fraction of sp³-hybridized carbons (Fsp3) is 0.312. The van der Waals surface area contributed by atoms with Crippen LogP contribution in [0.4, 0.5) is 23.2 Å². The summed E-state index contributed by atoms with van der Waals surface area (Å²) in [6.07, 6.45) is -3.82. The van der Waals surface area contributed by atoms with E-state index in [1.54, 1.807) is 0 Å². The molecule has 1 aliphatic rings. The van der Waals surface area contributed by atoms with Crippen LogP contribution in [0.25, 0.3) is 0 Å². The lowest BCUT2D eigenvalue weighted by molar-refractivity contribution is -0.147. The van der Waals surface area contributed by atoms with Gasteiger partial charge in [-0.2, -0.15) is 13.2 Å². The zero-order chi connectivity index (χ0) is 19.1. The first-order valence-corrected chi connectivity index (χ1v) is 7.66. The number of rotatable bonds is 3. The first-order valence-electron chi connectivity index (χ1n) is 7.66.